The lowest BCUT2D eigenvalue weighted by Gasteiger charge is -2.17. The normalized spacial score (nSPS) is 23.9. The van der Waals surface area contributed by atoms with E-state index in [1.165, 1.54) is 0 Å². The van der Waals surface area contributed by atoms with Gasteiger partial charge in [-0.15, -0.1) is 0 Å². The molecule has 2 rings (SSSR count). The molecule has 1 aromatic rings. The lowest BCUT2D eigenvalue weighted by atomic mass is 10.1. The molecular weight excluding hydrogens is 222 g/mol. The molecule has 2 atom stereocenters. The number of nitrogens with zero attached hydrogens (tertiary/aromatic N) is 2. The Balaban J connectivity index is 2.28. The Hall–Kier alpha value is -1.56. The van der Waals surface area contributed by atoms with Crippen molar-refractivity contribution in [1.82, 2.24) is 9.78 Å². The molecule has 17 heavy (non-hydrogen) atoms. The monoisotopic (exact) mass is 239 g/mol. The first kappa shape index (κ1) is 11.9. The molecule has 1 aromatic heterocycles. The molecule has 1 aliphatic rings. The molecule has 2 unspecified atom stereocenters. The van der Waals surface area contributed by atoms with Crippen molar-refractivity contribution in [1.29, 1.82) is 0 Å². The highest BCUT2D eigenvalue weighted by atomic mass is 16.5. The highest BCUT2D eigenvalue weighted by Gasteiger charge is 2.28. The van der Waals surface area contributed by atoms with Crippen LogP contribution in [0.25, 0.3) is 0 Å². The van der Waals surface area contributed by atoms with Gasteiger partial charge in [0.2, 0.25) is 0 Å². The van der Waals surface area contributed by atoms with E-state index in [0.717, 1.165) is 6.42 Å². The van der Waals surface area contributed by atoms with Crippen LogP contribution in [0.5, 0.6) is 0 Å². The van der Waals surface area contributed by atoms with E-state index in [1.807, 2.05) is 6.92 Å². The SMILES string of the molecule is Cc1nn(C)c(NC2CCOC2C)c1C(=O)O. The van der Waals surface area contributed by atoms with Crippen LogP contribution in [0.1, 0.15) is 29.4 Å². The fourth-order valence-corrected chi connectivity index (χ4v) is 2.18. The summed E-state index contributed by atoms with van der Waals surface area (Å²) in [6.45, 7) is 4.38. The van der Waals surface area contributed by atoms with Gasteiger partial charge in [0.25, 0.3) is 0 Å². The zero-order chi connectivity index (χ0) is 12.6. The molecule has 2 heterocycles. The maximum absolute atomic E-state index is 11.2. The number of rotatable bonds is 3. The van der Waals surface area contributed by atoms with Crippen LogP contribution in [0.3, 0.4) is 0 Å². The van der Waals surface area contributed by atoms with Crippen molar-refractivity contribution in [2.45, 2.75) is 32.4 Å². The maximum atomic E-state index is 11.2. The molecule has 6 nitrogen and oxygen atoms in total. The quantitative estimate of drug-likeness (QED) is 0.823. The number of carboxylic acids is 1. The number of hydrogen-bond acceptors (Lipinski definition) is 4. The van der Waals surface area contributed by atoms with Gasteiger partial charge in [0.1, 0.15) is 11.4 Å². The Bertz CT molecular complexity index is 441. The zero-order valence-corrected chi connectivity index (χ0v) is 10.2. The number of aryl methyl sites for hydroxylation is 2. The largest absolute Gasteiger partial charge is 0.477 e. The molecule has 1 saturated heterocycles. The Labute approximate surface area is 99.6 Å². The van der Waals surface area contributed by atoms with Crippen molar-refractivity contribution < 1.29 is 14.6 Å². The predicted molar refractivity (Wildman–Crippen MR) is 62.3 cm³/mol. The van der Waals surface area contributed by atoms with E-state index >= 15 is 0 Å². The summed E-state index contributed by atoms with van der Waals surface area (Å²) in [6, 6.07) is 0.142. The van der Waals surface area contributed by atoms with E-state index < -0.39 is 5.97 Å². The summed E-state index contributed by atoms with van der Waals surface area (Å²) >= 11 is 0. The van der Waals surface area contributed by atoms with Crippen LogP contribution >= 0.6 is 0 Å². The molecule has 0 saturated carbocycles. The fourth-order valence-electron chi connectivity index (χ4n) is 2.18. The summed E-state index contributed by atoms with van der Waals surface area (Å²) in [6.07, 6.45) is 0.969. The van der Waals surface area contributed by atoms with E-state index in [4.69, 9.17) is 4.74 Å². The molecule has 94 valence electrons. The van der Waals surface area contributed by atoms with Gasteiger partial charge in [-0.1, -0.05) is 0 Å². The van der Waals surface area contributed by atoms with Crippen LogP contribution in [0.2, 0.25) is 0 Å². The average Bonchev–Trinajstić information content (AvgIpc) is 2.73. The van der Waals surface area contributed by atoms with Crippen LogP contribution < -0.4 is 5.32 Å². The smallest absolute Gasteiger partial charge is 0.341 e. The molecule has 2 N–H and O–H groups in total. The lowest BCUT2D eigenvalue weighted by Crippen LogP contribution is -2.28. The van der Waals surface area contributed by atoms with E-state index in [-0.39, 0.29) is 17.7 Å². The molecule has 1 aliphatic heterocycles. The standard InChI is InChI=1S/C11H17N3O3/c1-6-9(11(15)16)10(14(3)13-6)12-8-4-5-17-7(8)2/h7-8,12H,4-5H2,1-3H3,(H,15,16). The predicted octanol–water partition coefficient (Wildman–Crippen LogP) is 1.02. The Morgan fingerprint density at radius 2 is 2.35 bits per heavy atom. The molecule has 6 heteroatoms. The number of carbonyl (C=O) groups is 1. The van der Waals surface area contributed by atoms with Crippen molar-refractivity contribution in [2.24, 2.45) is 7.05 Å². The van der Waals surface area contributed by atoms with E-state index in [0.29, 0.717) is 18.1 Å². The van der Waals surface area contributed by atoms with Crippen molar-refractivity contribution in [2.75, 3.05) is 11.9 Å². The fraction of sp³-hybridized carbons (Fsp3) is 0.636. The molecule has 0 amide bonds. The summed E-state index contributed by atoms with van der Waals surface area (Å²) < 4.78 is 7.02. The third-order valence-electron chi connectivity index (χ3n) is 3.13. The van der Waals surface area contributed by atoms with Gasteiger partial charge in [-0.2, -0.15) is 5.10 Å². The number of ether oxygens (including phenoxy) is 1. The third kappa shape index (κ3) is 2.12. The summed E-state index contributed by atoms with van der Waals surface area (Å²) in [5.74, 6) is -0.401. The van der Waals surface area contributed by atoms with Crippen molar-refractivity contribution in [3.05, 3.63) is 11.3 Å². The molecule has 0 aromatic carbocycles. The summed E-state index contributed by atoms with van der Waals surface area (Å²) in [5.41, 5.74) is 0.765. The van der Waals surface area contributed by atoms with Crippen LogP contribution in [-0.2, 0) is 11.8 Å². The van der Waals surface area contributed by atoms with Gasteiger partial charge in [-0.05, 0) is 20.3 Å². The number of anilines is 1. The minimum atomic E-state index is -0.954. The van der Waals surface area contributed by atoms with E-state index in [2.05, 4.69) is 10.4 Å². The molecule has 0 radical (unpaired) electrons. The van der Waals surface area contributed by atoms with Gasteiger partial charge in [0.15, 0.2) is 0 Å². The first-order valence-electron chi connectivity index (χ1n) is 5.65. The molecule has 0 bridgehead atoms. The van der Waals surface area contributed by atoms with Crippen LogP contribution in [0, 0.1) is 6.92 Å². The van der Waals surface area contributed by atoms with Gasteiger partial charge in [-0.25, -0.2) is 4.79 Å². The number of nitrogens with one attached hydrogen (secondary N) is 1. The Kier molecular flexibility index (Phi) is 3.06. The highest BCUT2D eigenvalue weighted by molar-refractivity contribution is 5.94. The second kappa shape index (κ2) is 4.37. The zero-order valence-electron chi connectivity index (χ0n) is 10.2. The number of aromatic carboxylic acids is 1. The van der Waals surface area contributed by atoms with Crippen LogP contribution in [0.4, 0.5) is 5.82 Å². The van der Waals surface area contributed by atoms with Gasteiger partial charge < -0.3 is 15.2 Å². The summed E-state index contributed by atoms with van der Waals surface area (Å²) in [4.78, 5) is 11.2. The third-order valence-corrected chi connectivity index (χ3v) is 3.13. The van der Waals surface area contributed by atoms with Crippen LogP contribution in [-0.4, -0.2) is 39.6 Å². The van der Waals surface area contributed by atoms with Crippen LogP contribution in [0.15, 0.2) is 0 Å². The lowest BCUT2D eigenvalue weighted by molar-refractivity contribution is 0.0697. The minimum absolute atomic E-state index is 0.0897. The van der Waals surface area contributed by atoms with Gasteiger partial charge >= 0.3 is 5.97 Å². The van der Waals surface area contributed by atoms with Gasteiger partial charge in [-0.3, -0.25) is 4.68 Å². The Morgan fingerprint density at radius 1 is 1.65 bits per heavy atom. The summed E-state index contributed by atoms with van der Waals surface area (Å²) in [7, 11) is 1.74. The van der Waals surface area contributed by atoms with Gasteiger partial charge in [0, 0.05) is 13.7 Å². The Morgan fingerprint density at radius 3 is 2.88 bits per heavy atom. The first-order valence-corrected chi connectivity index (χ1v) is 5.65. The van der Waals surface area contributed by atoms with E-state index in [9.17, 15) is 9.90 Å². The highest BCUT2D eigenvalue weighted by Crippen LogP contribution is 2.23. The van der Waals surface area contributed by atoms with Crippen molar-refractivity contribution in [3.63, 3.8) is 0 Å². The molecule has 1 fully saturated rings. The first-order chi connectivity index (χ1) is 8.00. The number of carboxylic acid groups (broad SMARTS) is 1. The minimum Gasteiger partial charge on any atom is -0.477 e. The topological polar surface area (TPSA) is 76.4 Å². The second-order valence-electron chi connectivity index (χ2n) is 4.35. The second-order valence-corrected chi connectivity index (χ2v) is 4.35. The molecular formula is C11H17N3O3. The average molecular weight is 239 g/mol. The molecule has 0 spiro atoms. The van der Waals surface area contributed by atoms with Gasteiger partial charge in [0.05, 0.1) is 17.8 Å². The summed E-state index contributed by atoms with van der Waals surface area (Å²) in [5, 5.41) is 16.5. The number of hydrogen-bond donors (Lipinski definition) is 2. The maximum Gasteiger partial charge on any atom is 0.341 e. The molecule has 0 aliphatic carbocycles. The number of aromatic nitrogens is 2. The van der Waals surface area contributed by atoms with Crippen molar-refractivity contribution >= 4 is 11.8 Å². The van der Waals surface area contributed by atoms with E-state index in [1.54, 1.807) is 18.7 Å². The van der Waals surface area contributed by atoms with Crippen molar-refractivity contribution in [3.8, 4) is 0 Å².